The van der Waals surface area contributed by atoms with E-state index in [4.69, 9.17) is 11.6 Å². The number of hydrogen-bond donors (Lipinski definition) is 2. The molecule has 7 nitrogen and oxygen atoms in total. The molecular formula is C19H15ClN6O. The minimum absolute atomic E-state index is 0.270. The van der Waals surface area contributed by atoms with Crippen LogP contribution in [-0.2, 0) is 0 Å². The number of halogens is 1. The van der Waals surface area contributed by atoms with Crippen molar-refractivity contribution in [2.24, 2.45) is 0 Å². The highest BCUT2D eigenvalue weighted by molar-refractivity contribution is 6.33. The van der Waals surface area contributed by atoms with Crippen molar-refractivity contribution in [2.75, 3.05) is 12.4 Å². The molecule has 134 valence electrons. The number of fused-ring (bicyclic) bond motifs is 1. The summed E-state index contributed by atoms with van der Waals surface area (Å²) < 4.78 is 0. The van der Waals surface area contributed by atoms with E-state index < -0.39 is 0 Å². The molecule has 0 saturated carbocycles. The Balaban J connectivity index is 1.81. The van der Waals surface area contributed by atoms with Crippen LogP contribution in [0, 0.1) is 6.92 Å². The predicted octanol–water partition coefficient (Wildman–Crippen LogP) is 3.45. The summed E-state index contributed by atoms with van der Waals surface area (Å²) in [5.41, 5.74) is 3.65. The minimum Gasteiger partial charge on any atom is -0.357 e. The number of hydrogen-bond acceptors (Lipinski definition) is 6. The number of nitrogens with zero attached hydrogens (tertiary/aromatic N) is 4. The maximum Gasteiger partial charge on any atom is 0.257 e. The summed E-state index contributed by atoms with van der Waals surface area (Å²) in [5, 5.41) is 4.01. The van der Waals surface area contributed by atoms with Gasteiger partial charge in [-0.3, -0.25) is 9.78 Å². The Morgan fingerprint density at radius 2 is 1.93 bits per heavy atom. The molecule has 0 amide bonds. The SMILES string of the molecule is CNc1ncc2cc(-c3ccc(-c4cncc(C)n4)cc3Cl)c(=O)[nH]c2n1. The van der Waals surface area contributed by atoms with Gasteiger partial charge in [-0.1, -0.05) is 23.7 Å². The van der Waals surface area contributed by atoms with Crippen LogP contribution in [0.3, 0.4) is 0 Å². The van der Waals surface area contributed by atoms with E-state index in [0.717, 1.165) is 17.0 Å². The first-order valence-corrected chi connectivity index (χ1v) is 8.60. The van der Waals surface area contributed by atoms with Crippen molar-refractivity contribution < 1.29 is 0 Å². The molecule has 3 heterocycles. The largest absolute Gasteiger partial charge is 0.357 e. The van der Waals surface area contributed by atoms with E-state index in [1.54, 1.807) is 43.8 Å². The molecule has 4 aromatic rings. The van der Waals surface area contributed by atoms with Gasteiger partial charge in [0.25, 0.3) is 5.56 Å². The molecule has 0 saturated heterocycles. The first kappa shape index (κ1) is 17.1. The fourth-order valence-corrected chi connectivity index (χ4v) is 3.09. The van der Waals surface area contributed by atoms with E-state index in [0.29, 0.717) is 33.1 Å². The number of aromatic nitrogens is 5. The van der Waals surface area contributed by atoms with Crippen molar-refractivity contribution >= 4 is 28.6 Å². The third-order valence-corrected chi connectivity index (χ3v) is 4.44. The summed E-state index contributed by atoms with van der Waals surface area (Å²) in [6.07, 6.45) is 5.02. The fourth-order valence-electron chi connectivity index (χ4n) is 2.81. The Bertz CT molecular complexity index is 1220. The number of benzene rings is 1. The van der Waals surface area contributed by atoms with Crippen molar-refractivity contribution in [3.05, 3.63) is 63.9 Å². The van der Waals surface area contributed by atoms with E-state index in [2.05, 4.69) is 30.2 Å². The molecule has 0 aliphatic carbocycles. The average Bonchev–Trinajstić information content (AvgIpc) is 2.67. The van der Waals surface area contributed by atoms with Crippen LogP contribution in [0.5, 0.6) is 0 Å². The van der Waals surface area contributed by atoms with Crippen LogP contribution in [0.25, 0.3) is 33.4 Å². The second-order valence-electron chi connectivity index (χ2n) is 6.00. The lowest BCUT2D eigenvalue weighted by Gasteiger charge is -2.08. The van der Waals surface area contributed by atoms with Gasteiger partial charge in [-0.25, -0.2) is 9.97 Å². The van der Waals surface area contributed by atoms with Crippen molar-refractivity contribution in [2.45, 2.75) is 6.92 Å². The third-order valence-electron chi connectivity index (χ3n) is 4.13. The van der Waals surface area contributed by atoms with Crippen LogP contribution in [0.15, 0.2) is 47.7 Å². The zero-order valence-corrected chi connectivity index (χ0v) is 15.4. The van der Waals surface area contributed by atoms with Gasteiger partial charge in [0.1, 0.15) is 5.65 Å². The van der Waals surface area contributed by atoms with Crippen LogP contribution >= 0.6 is 11.6 Å². The summed E-state index contributed by atoms with van der Waals surface area (Å²) in [7, 11) is 1.72. The molecule has 0 aliphatic rings. The predicted molar refractivity (Wildman–Crippen MR) is 106 cm³/mol. The zero-order chi connectivity index (χ0) is 19.0. The van der Waals surface area contributed by atoms with Crippen LogP contribution in [0.4, 0.5) is 5.95 Å². The highest BCUT2D eigenvalue weighted by Crippen LogP contribution is 2.31. The Kier molecular flexibility index (Phi) is 4.29. The van der Waals surface area contributed by atoms with Gasteiger partial charge >= 0.3 is 0 Å². The third kappa shape index (κ3) is 3.24. The highest BCUT2D eigenvalue weighted by Gasteiger charge is 2.12. The van der Waals surface area contributed by atoms with E-state index in [-0.39, 0.29) is 5.56 Å². The van der Waals surface area contributed by atoms with E-state index in [1.165, 1.54) is 0 Å². The molecule has 0 fully saturated rings. The summed E-state index contributed by atoms with van der Waals surface area (Å²) in [5.74, 6) is 0.438. The zero-order valence-electron chi connectivity index (χ0n) is 14.6. The Hall–Kier alpha value is -3.32. The van der Waals surface area contributed by atoms with Crippen LogP contribution < -0.4 is 10.9 Å². The molecule has 1 aromatic carbocycles. The number of nitrogens with one attached hydrogen (secondary N) is 2. The van der Waals surface area contributed by atoms with E-state index >= 15 is 0 Å². The van der Waals surface area contributed by atoms with Crippen molar-refractivity contribution in [1.29, 1.82) is 0 Å². The van der Waals surface area contributed by atoms with Gasteiger partial charge in [0.2, 0.25) is 5.95 Å². The molecule has 3 aromatic heterocycles. The van der Waals surface area contributed by atoms with Gasteiger partial charge in [0.05, 0.1) is 17.6 Å². The number of anilines is 1. The monoisotopic (exact) mass is 378 g/mol. The summed E-state index contributed by atoms with van der Waals surface area (Å²) in [6, 6.07) is 7.20. The van der Waals surface area contributed by atoms with Gasteiger partial charge in [-0.05, 0) is 19.1 Å². The topological polar surface area (TPSA) is 96.5 Å². The number of rotatable bonds is 3. The molecular weight excluding hydrogens is 364 g/mol. The standard InChI is InChI=1S/C19H15ClN6O/c1-10-7-22-9-16(24-10)11-3-4-13(15(20)6-11)14-5-12-8-23-19(21-2)26-17(12)25-18(14)27/h3-9H,1-2H3,(H2,21,23,25,26,27). The lowest BCUT2D eigenvalue weighted by Crippen LogP contribution is -2.10. The maximum atomic E-state index is 12.6. The van der Waals surface area contributed by atoms with Crippen molar-refractivity contribution in [1.82, 2.24) is 24.9 Å². The molecule has 0 bridgehead atoms. The molecule has 0 unspecified atom stereocenters. The van der Waals surface area contributed by atoms with Gasteiger partial charge in [0.15, 0.2) is 0 Å². The van der Waals surface area contributed by atoms with Gasteiger partial charge in [-0.15, -0.1) is 0 Å². The van der Waals surface area contributed by atoms with Gasteiger partial charge in [-0.2, -0.15) is 4.98 Å². The average molecular weight is 379 g/mol. The molecule has 4 rings (SSSR count). The molecule has 0 spiro atoms. The van der Waals surface area contributed by atoms with Crippen molar-refractivity contribution in [3.8, 4) is 22.4 Å². The molecule has 8 heteroatoms. The van der Waals surface area contributed by atoms with E-state index in [9.17, 15) is 4.79 Å². The number of pyridine rings is 1. The van der Waals surface area contributed by atoms with Crippen LogP contribution in [0.1, 0.15) is 5.69 Å². The first-order chi connectivity index (χ1) is 13.0. The summed E-state index contributed by atoms with van der Waals surface area (Å²) >= 11 is 6.48. The summed E-state index contributed by atoms with van der Waals surface area (Å²) in [4.78, 5) is 32.4. The molecule has 2 N–H and O–H groups in total. The Morgan fingerprint density at radius 1 is 1.07 bits per heavy atom. The second-order valence-corrected chi connectivity index (χ2v) is 6.41. The molecule has 27 heavy (non-hydrogen) atoms. The number of aromatic amines is 1. The van der Waals surface area contributed by atoms with Gasteiger partial charge < -0.3 is 10.3 Å². The molecule has 0 aliphatic heterocycles. The first-order valence-electron chi connectivity index (χ1n) is 8.22. The van der Waals surface area contributed by atoms with E-state index in [1.807, 2.05) is 13.0 Å². The lowest BCUT2D eigenvalue weighted by atomic mass is 10.0. The minimum atomic E-state index is -0.270. The normalized spacial score (nSPS) is 10.9. The van der Waals surface area contributed by atoms with Crippen LogP contribution in [-0.4, -0.2) is 32.0 Å². The quantitative estimate of drug-likeness (QED) is 0.566. The number of aryl methyl sites for hydroxylation is 1. The van der Waals surface area contributed by atoms with Crippen molar-refractivity contribution in [3.63, 3.8) is 0 Å². The fraction of sp³-hybridized carbons (Fsp3) is 0.105. The Morgan fingerprint density at radius 3 is 2.67 bits per heavy atom. The van der Waals surface area contributed by atoms with Crippen LogP contribution in [0.2, 0.25) is 5.02 Å². The van der Waals surface area contributed by atoms with Gasteiger partial charge in [0, 0.05) is 46.5 Å². The lowest BCUT2D eigenvalue weighted by molar-refractivity contribution is 1.12. The second kappa shape index (κ2) is 6.77. The highest BCUT2D eigenvalue weighted by atomic mass is 35.5. The molecule has 0 radical (unpaired) electrons. The molecule has 0 atom stereocenters. The maximum absolute atomic E-state index is 12.6. The Labute approximate surface area is 159 Å². The number of H-pyrrole nitrogens is 1. The smallest absolute Gasteiger partial charge is 0.257 e. The summed E-state index contributed by atoms with van der Waals surface area (Å²) in [6.45, 7) is 1.88.